The van der Waals surface area contributed by atoms with Crippen molar-refractivity contribution in [3.05, 3.63) is 66.9 Å². The fourth-order valence-corrected chi connectivity index (χ4v) is 2.56. The summed E-state index contributed by atoms with van der Waals surface area (Å²) in [6.45, 7) is 0. The molecule has 1 heterocycles. The highest BCUT2D eigenvalue weighted by molar-refractivity contribution is 5.76. The van der Waals surface area contributed by atoms with Gasteiger partial charge >= 0.3 is 12.7 Å². The predicted molar refractivity (Wildman–Crippen MR) is 88.5 cm³/mol. The molecule has 0 spiro atoms. The van der Waals surface area contributed by atoms with Gasteiger partial charge in [0.25, 0.3) is 0 Å². The van der Waals surface area contributed by atoms with E-state index in [2.05, 4.69) is 14.5 Å². The normalized spacial score (nSPS) is 11.9. The number of rotatable bonds is 4. The average molecular weight is 399 g/mol. The second kappa shape index (κ2) is 7.41. The lowest BCUT2D eigenvalue weighted by Gasteiger charge is -2.15. The van der Waals surface area contributed by atoms with E-state index in [1.54, 1.807) is 0 Å². The molecule has 0 N–H and O–H groups in total. The molecule has 9 heteroatoms. The van der Waals surface area contributed by atoms with Crippen molar-refractivity contribution in [3.8, 4) is 33.9 Å². The standard InChI is InChI=1S/C19H11F6NO2/c20-18(21,22)27-16-7-3-1-5-13(16)12-9-10-26-15(11-12)14-6-2-4-8-17(14)28-19(23,24)25/h1-11H. The first-order chi connectivity index (χ1) is 13.1. The number of alkyl halides is 6. The van der Waals surface area contributed by atoms with Gasteiger partial charge in [-0.1, -0.05) is 30.3 Å². The molecule has 0 aliphatic carbocycles. The van der Waals surface area contributed by atoms with Crippen molar-refractivity contribution >= 4 is 0 Å². The zero-order valence-electron chi connectivity index (χ0n) is 13.9. The second-order valence-electron chi connectivity index (χ2n) is 5.52. The molecule has 28 heavy (non-hydrogen) atoms. The monoisotopic (exact) mass is 399 g/mol. The summed E-state index contributed by atoms with van der Waals surface area (Å²) in [5.74, 6) is -0.911. The van der Waals surface area contributed by atoms with Crippen LogP contribution in [0.2, 0.25) is 0 Å². The van der Waals surface area contributed by atoms with Crippen LogP contribution < -0.4 is 9.47 Å². The Balaban J connectivity index is 2.04. The van der Waals surface area contributed by atoms with Gasteiger partial charge in [0, 0.05) is 17.3 Å². The molecule has 0 aliphatic rings. The number of halogens is 6. The lowest BCUT2D eigenvalue weighted by Crippen LogP contribution is -2.17. The van der Waals surface area contributed by atoms with Gasteiger partial charge in [0.1, 0.15) is 11.5 Å². The van der Waals surface area contributed by atoms with Gasteiger partial charge in [-0.05, 0) is 35.9 Å². The Labute approximate surface area is 155 Å². The van der Waals surface area contributed by atoms with Gasteiger partial charge in [-0.15, -0.1) is 26.3 Å². The number of nitrogens with zero attached hydrogens (tertiary/aromatic N) is 1. The Bertz CT molecular complexity index is 894. The van der Waals surface area contributed by atoms with E-state index in [-0.39, 0.29) is 22.4 Å². The molecule has 2 aromatic carbocycles. The topological polar surface area (TPSA) is 31.4 Å². The van der Waals surface area contributed by atoms with E-state index < -0.39 is 24.2 Å². The largest absolute Gasteiger partial charge is 0.573 e. The number of aromatic nitrogens is 1. The fraction of sp³-hybridized carbons (Fsp3) is 0.105. The molecule has 0 saturated carbocycles. The number of hydrogen-bond donors (Lipinski definition) is 0. The Morgan fingerprint density at radius 3 is 1.71 bits per heavy atom. The molecule has 3 rings (SSSR count). The van der Waals surface area contributed by atoms with Crippen molar-refractivity contribution in [1.29, 1.82) is 0 Å². The summed E-state index contributed by atoms with van der Waals surface area (Å²) in [6, 6.07) is 13.6. The van der Waals surface area contributed by atoms with Gasteiger partial charge < -0.3 is 9.47 Å². The highest BCUT2D eigenvalue weighted by Gasteiger charge is 2.33. The van der Waals surface area contributed by atoms with Crippen LogP contribution >= 0.6 is 0 Å². The Morgan fingerprint density at radius 2 is 1.14 bits per heavy atom. The molecule has 0 bridgehead atoms. The predicted octanol–water partition coefficient (Wildman–Crippen LogP) is 6.21. The Kier molecular flexibility index (Phi) is 5.17. The maximum absolute atomic E-state index is 12.6. The van der Waals surface area contributed by atoms with Crippen LogP contribution in [-0.4, -0.2) is 17.7 Å². The van der Waals surface area contributed by atoms with E-state index in [1.807, 2.05) is 0 Å². The van der Waals surface area contributed by atoms with Crippen LogP contribution in [0.25, 0.3) is 22.4 Å². The highest BCUT2D eigenvalue weighted by Crippen LogP contribution is 2.37. The summed E-state index contributed by atoms with van der Waals surface area (Å²) in [4.78, 5) is 4.02. The maximum atomic E-state index is 12.6. The van der Waals surface area contributed by atoms with Gasteiger partial charge in [-0.25, -0.2) is 0 Å². The molecule has 0 aliphatic heterocycles. The Hall–Kier alpha value is -3.23. The molecule has 0 unspecified atom stereocenters. The van der Waals surface area contributed by atoms with E-state index in [9.17, 15) is 26.3 Å². The Morgan fingerprint density at radius 1 is 0.643 bits per heavy atom. The summed E-state index contributed by atoms with van der Waals surface area (Å²) in [5, 5.41) is 0. The minimum Gasteiger partial charge on any atom is -0.405 e. The number of ether oxygens (including phenoxy) is 2. The molecule has 0 atom stereocenters. The van der Waals surface area contributed by atoms with Crippen molar-refractivity contribution in [2.24, 2.45) is 0 Å². The van der Waals surface area contributed by atoms with Gasteiger partial charge in [0.2, 0.25) is 0 Å². The molecule has 3 nitrogen and oxygen atoms in total. The zero-order chi connectivity index (χ0) is 20.4. The van der Waals surface area contributed by atoms with Crippen molar-refractivity contribution in [3.63, 3.8) is 0 Å². The van der Waals surface area contributed by atoms with E-state index in [0.717, 1.165) is 12.1 Å². The molecule has 0 radical (unpaired) electrons. The van der Waals surface area contributed by atoms with Crippen LogP contribution in [-0.2, 0) is 0 Å². The lowest BCUT2D eigenvalue weighted by molar-refractivity contribution is -0.275. The number of benzene rings is 2. The van der Waals surface area contributed by atoms with E-state index >= 15 is 0 Å². The van der Waals surface area contributed by atoms with Crippen LogP contribution in [0.4, 0.5) is 26.3 Å². The van der Waals surface area contributed by atoms with Crippen LogP contribution in [0, 0.1) is 0 Å². The van der Waals surface area contributed by atoms with Crippen LogP contribution in [0.3, 0.4) is 0 Å². The van der Waals surface area contributed by atoms with Gasteiger partial charge in [-0.3, -0.25) is 4.98 Å². The summed E-state index contributed by atoms with van der Waals surface area (Å²) >= 11 is 0. The molecular weight excluding hydrogens is 388 g/mol. The zero-order valence-corrected chi connectivity index (χ0v) is 13.9. The minimum absolute atomic E-state index is 0.0379. The minimum atomic E-state index is -4.90. The summed E-state index contributed by atoms with van der Waals surface area (Å²) in [6.07, 6.45) is -8.51. The first-order valence-electron chi connectivity index (χ1n) is 7.79. The smallest absolute Gasteiger partial charge is 0.405 e. The van der Waals surface area contributed by atoms with Crippen LogP contribution in [0.1, 0.15) is 0 Å². The summed E-state index contributed by atoms with van der Waals surface area (Å²) in [5.41, 5.74) is 0.527. The molecule has 1 aromatic heterocycles. The van der Waals surface area contributed by atoms with Crippen molar-refractivity contribution in [2.75, 3.05) is 0 Å². The molecule has 146 valence electrons. The SMILES string of the molecule is FC(F)(F)Oc1ccccc1-c1ccnc(-c2ccccc2OC(F)(F)F)c1. The van der Waals surface area contributed by atoms with E-state index in [1.165, 1.54) is 54.7 Å². The third-order valence-electron chi connectivity index (χ3n) is 3.57. The quantitative estimate of drug-likeness (QED) is 0.489. The summed E-state index contributed by atoms with van der Waals surface area (Å²) < 4.78 is 83.8. The molecule has 0 saturated heterocycles. The highest BCUT2D eigenvalue weighted by atomic mass is 19.4. The second-order valence-corrected chi connectivity index (χ2v) is 5.52. The van der Waals surface area contributed by atoms with E-state index in [4.69, 9.17) is 0 Å². The number of hydrogen-bond acceptors (Lipinski definition) is 3. The number of para-hydroxylation sites is 2. The third-order valence-corrected chi connectivity index (χ3v) is 3.57. The number of pyridine rings is 1. The maximum Gasteiger partial charge on any atom is 0.573 e. The molecular formula is C19H11F6NO2. The van der Waals surface area contributed by atoms with Crippen LogP contribution in [0.5, 0.6) is 11.5 Å². The first kappa shape index (κ1) is 19.5. The first-order valence-corrected chi connectivity index (χ1v) is 7.79. The average Bonchev–Trinajstić information content (AvgIpc) is 2.60. The van der Waals surface area contributed by atoms with E-state index in [0.29, 0.717) is 0 Å². The van der Waals surface area contributed by atoms with Crippen LogP contribution in [0.15, 0.2) is 66.9 Å². The molecule has 3 aromatic rings. The van der Waals surface area contributed by atoms with Crippen molar-refractivity contribution < 1.29 is 35.8 Å². The third kappa shape index (κ3) is 4.93. The fourth-order valence-electron chi connectivity index (χ4n) is 2.56. The van der Waals surface area contributed by atoms with Crippen molar-refractivity contribution in [2.45, 2.75) is 12.7 Å². The van der Waals surface area contributed by atoms with Crippen molar-refractivity contribution in [1.82, 2.24) is 4.98 Å². The lowest BCUT2D eigenvalue weighted by atomic mass is 10.0. The van der Waals surface area contributed by atoms with Gasteiger partial charge in [0.05, 0.1) is 5.69 Å². The van der Waals surface area contributed by atoms with Gasteiger partial charge in [0.15, 0.2) is 0 Å². The van der Waals surface area contributed by atoms with Gasteiger partial charge in [-0.2, -0.15) is 0 Å². The summed E-state index contributed by atoms with van der Waals surface area (Å²) in [7, 11) is 0. The molecule has 0 fully saturated rings. The molecule has 0 amide bonds.